The molecule has 0 fully saturated rings. The molecule has 1 amide bonds. The zero-order chi connectivity index (χ0) is 18.5. The largest absolute Gasteiger partial charge is 0.484 e. The van der Waals surface area contributed by atoms with Gasteiger partial charge in [-0.15, -0.1) is 0 Å². The molecule has 1 heterocycles. The van der Waals surface area contributed by atoms with E-state index >= 15 is 0 Å². The van der Waals surface area contributed by atoms with E-state index < -0.39 is 0 Å². The average molecular weight is 390 g/mol. The molecule has 0 saturated carbocycles. The molecule has 3 aromatic rings. The minimum Gasteiger partial charge on any atom is -0.484 e. The van der Waals surface area contributed by atoms with Gasteiger partial charge >= 0.3 is 0 Å². The molecule has 0 aliphatic rings. The van der Waals surface area contributed by atoms with Crippen LogP contribution in [0.3, 0.4) is 0 Å². The van der Waals surface area contributed by atoms with Crippen molar-refractivity contribution in [2.75, 3.05) is 11.5 Å². The fraction of sp³-hybridized carbons (Fsp3) is 0.150. The van der Waals surface area contributed by atoms with E-state index in [0.29, 0.717) is 33.8 Å². The summed E-state index contributed by atoms with van der Waals surface area (Å²) in [5.41, 5.74) is 1.61. The maximum Gasteiger partial charge on any atom is 0.265 e. The van der Waals surface area contributed by atoms with Gasteiger partial charge in [-0.3, -0.25) is 4.79 Å². The summed E-state index contributed by atoms with van der Waals surface area (Å²) in [6.07, 6.45) is 1.58. The van der Waals surface area contributed by atoms with E-state index in [1.165, 1.54) is 0 Å². The van der Waals surface area contributed by atoms with Crippen LogP contribution in [0.5, 0.6) is 5.75 Å². The molecule has 2 aromatic carbocycles. The lowest BCUT2D eigenvalue weighted by atomic mass is 10.2. The first-order valence-electron chi connectivity index (χ1n) is 8.00. The first-order chi connectivity index (χ1) is 12.5. The summed E-state index contributed by atoms with van der Waals surface area (Å²) >= 11 is 12.0. The fourth-order valence-electron chi connectivity index (χ4n) is 2.43. The summed E-state index contributed by atoms with van der Waals surface area (Å²) in [5.74, 6) is 1.07. The number of hydrogen-bond acceptors (Lipinski definition) is 3. The number of hydrogen-bond donors (Lipinski definition) is 0. The Morgan fingerprint density at radius 3 is 2.54 bits per heavy atom. The Morgan fingerprint density at radius 1 is 1.12 bits per heavy atom. The lowest BCUT2D eigenvalue weighted by molar-refractivity contribution is -0.120. The molecule has 0 unspecified atom stereocenters. The van der Waals surface area contributed by atoms with E-state index in [1.807, 2.05) is 13.0 Å². The van der Waals surface area contributed by atoms with Crippen LogP contribution in [0.15, 0.2) is 65.3 Å². The second kappa shape index (κ2) is 8.30. The van der Waals surface area contributed by atoms with E-state index in [4.69, 9.17) is 32.4 Å². The van der Waals surface area contributed by atoms with Crippen molar-refractivity contribution in [3.8, 4) is 5.75 Å². The van der Waals surface area contributed by atoms with E-state index in [-0.39, 0.29) is 12.5 Å². The van der Waals surface area contributed by atoms with Crippen LogP contribution in [0, 0.1) is 6.92 Å². The predicted octanol–water partition coefficient (Wildman–Crippen LogP) is 5.51. The molecule has 4 nitrogen and oxygen atoms in total. The Bertz CT molecular complexity index is 877. The number of ether oxygens (including phenoxy) is 1. The van der Waals surface area contributed by atoms with Gasteiger partial charge < -0.3 is 14.1 Å². The maximum atomic E-state index is 12.8. The SMILES string of the molecule is Cc1cc(OCC(=O)N(Cc2ccco2)c2ccc(Cl)cc2)ccc1Cl. The standard InChI is InChI=1S/C20H17Cl2NO3/c1-14-11-17(8-9-19(14)22)26-13-20(24)23(12-18-3-2-10-25-18)16-6-4-15(21)5-7-16/h2-11H,12-13H2,1H3. The van der Waals surface area contributed by atoms with Crippen molar-refractivity contribution in [3.63, 3.8) is 0 Å². The monoisotopic (exact) mass is 389 g/mol. The van der Waals surface area contributed by atoms with Gasteiger partial charge in [0.2, 0.25) is 0 Å². The molecule has 6 heteroatoms. The lowest BCUT2D eigenvalue weighted by Crippen LogP contribution is -2.34. The molecule has 0 aliphatic heterocycles. The van der Waals surface area contributed by atoms with E-state index in [0.717, 1.165) is 5.56 Å². The van der Waals surface area contributed by atoms with Crippen LogP contribution >= 0.6 is 23.2 Å². The summed E-state index contributed by atoms with van der Waals surface area (Å²) in [4.78, 5) is 14.4. The average Bonchev–Trinajstić information content (AvgIpc) is 3.14. The number of benzene rings is 2. The number of furan rings is 1. The first kappa shape index (κ1) is 18.4. The second-order valence-corrected chi connectivity index (χ2v) is 6.58. The van der Waals surface area contributed by atoms with Crippen LogP contribution in [0.25, 0.3) is 0 Å². The van der Waals surface area contributed by atoms with Crippen LogP contribution in [0.1, 0.15) is 11.3 Å². The highest BCUT2D eigenvalue weighted by Crippen LogP contribution is 2.23. The number of amides is 1. The Hall–Kier alpha value is -2.43. The third-order valence-electron chi connectivity index (χ3n) is 3.83. The van der Waals surface area contributed by atoms with Gasteiger partial charge in [0.25, 0.3) is 5.91 Å². The molecular formula is C20H17Cl2NO3. The minimum absolute atomic E-state index is 0.107. The number of carbonyl (C=O) groups is 1. The normalized spacial score (nSPS) is 10.6. The smallest absolute Gasteiger partial charge is 0.265 e. The van der Waals surface area contributed by atoms with Crippen LogP contribution in [-0.2, 0) is 11.3 Å². The van der Waals surface area contributed by atoms with Crippen LogP contribution in [0.4, 0.5) is 5.69 Å². The van der Waals surface area contributed by atoms with Crippen molar-refractivity contribution in [2.24, 2.45) is 0 Å². The number of nitrogens with zero attached hydrogens (tertiary/aromatic N) is 1. The third kappa shape index (κ3) is 4.59. The Kier molecular flexibility index (Phi) is 5.86. The van der Waals surface area contributed by atoms with Crippen LogP contribution in [0.2, 0.25) is 10.0 Å². The topological polar surface area (TPSA) is 42.7 Å². The van der Waals surface area contributed by atoms with Crippen LogP contribution in [-0.4, -0.2) is 12.5 Å². The molecule has 0 bridgehead atoms. The molecule has 3 rings (SSSR count). The molecule has 0 atom stereocenters. The van der Waals surface area contributed by atoms with Crippen molar-refractivity contribution < 1.29 is 13.9 Å². The third-order valence-corrected chi connectivity index (χ3v) is 4.50. The van der Waals surface area contributed by atoms with Crippen molar-refractivity contribution in [3.05, 3.63) is 82.2 Å². The molecular weight excluding hydrogens is 373 g/mol. The van der Waals surface area contributed by atoms with Crippen molar-refractivity contribution >= 4 is 34.8 Å². The maximum absolute atomic E-state index is 12.8. The van der Waals surface area contributed by atoms with Crippen molar-refractivity contribution in [1.29, 1.82) is 0 Å². The quantitative estimate of drug-likeness (QED) is 0.558. The van der Waals surface area contributed by atoms with Gasteiger partial charge in [-0.05, 0) is 67.1 Å². The zero-order valence-electron chi connectivity index (χ0n) is 14.1. The molecule has 134 valence electrons. The summed E-state index contributed by atoms with van der Waals surface area (Å²) in [7, 11) is 0. The zero-order valence-corrected chi connectivity index (χ0v) is 15.6. The fourth-order valence-corrected chi connectivity index (χ4v) is 2.68. The first-order valence-corrected chi connectivity index (χ1v) is 8.76. The molecule has 0 aliphatic carbocycles. The summed E-state index contributed by atoms with van der Waals surface area (Å²) in [6.45, 7) is 2.08. The van der Waals surface area contributed by atoms with E-state index in [1.54, 1.807) is 59.7 Å². The van der Waals surface area contributed by atoms with Gasteiger partial charge in [-0.25, -0.2) is 0 Å². The number of anilines is 1. The minimum atomic E-state index is -0.198. The highest BCUT2D eigenvalue weighted by molar-refractivity contribution is 6.31. The van der Waals surface area contributed by atoms with Gasteiger partial charge in [-0.2, -0.15) is 0 Å². The molecule has 0 spiro atoms. The number of rotatable bonds is 6. The van der Waals surface area contributed by atoms with Gasteiger partial charge in [0.05, 0.1) is 12.8 Å². The Morgan fingerprint density at radius 2 is 1.88 bits per heavy atom. The highest BCUT2D eigenvalue weighted by Gasteiger charge is 2.18. The number of aryl methyl sites for hydroxylation is 1. The lowest BCUT2D eigenvalue weighted by Gasteiger charge is -2.22. The molecule has 0 saturated heterocycles. The molecule has 0 radical (unpaired) electrons. The van der Waals surface area contributed by atoms with Gasteiger partial charge in [-0.1, -0.05) is 23.2 Å². The summed E-state index contributed by atoms with van der Waals surface area (Å²) in [5, 5.41) is 1.26. The molecule has 0 N–H and O–H groups in total. The molecule has 26 heavy (non-hydrogen) atoms. The number of carbonyl (C=O) groups excluding carboxylic acids is 1. The van der Waals surface area contributed by atoms with Gasteiger partial charge in [0, 0.05) is 15.7 Å². The Balaban J connectivity index is 1.75. The van der Waals surface area contributed by atoms with Crippen molar-refractivity contribution in [2.45, 2.75) is 13.5 Å². The Labute approximate surface area is 161 Å². The van der Waals surface area contributed by atoms with E-state index in [9.17, 15) is 4.79 Å². The van der Waals surface area contributed by atoms with E-state index in [2.05, 4.69) is 0 Å². The van der Waals surface area contributed by atoms with Crippen molar-refractivity contribution in [1.82, 2.24) is 0 Å². The highest BCUT2D eigenvalue weighted by atomic mass is 35.5. The number of halogens is 2. The predicted molar refractivity (Wildman–Crippen MR) is 103 cm³/mol. The summed E-state index contributed by atoms with van der Waals surface area (Å²) in [6, 6.07) is 15.9. The second-order valence-electron chi connectivity index (χ2n) is 5.74. The van der Waals surface area contributed by atoms with Crippen LogP contribution < -0.4 is 9.64 Å². The van der Waals surface area contributed by atoms with Gasteiger partial charge in [0.15, 0.2) is 6.61 Å². The summed E-state index contributed by atoms with van der Waals surface area (Å²) < 4.78 is 11.0. The molecule has 1 aromatic heterocycles. The van der Waals surface area contributed by atoms with Gasteiger partial charge in [0.1, 0.15) is 11.5 Å².